The summed E-state index contributed by atoms with van der Waals surface area (Å²) < 4.78 is 0. The molecule has 0 fully saturated rings. The number of hydrogen-bond donors (Lipinski definition) is 1. The Kier molecular flexibility index (Phi) is 5.43. The first kappa shape index (κ1) is 15.6. The maximum absolute atomic E-state index is 11.9. The number of amides is 1. The lowest BCUT2D eigenvalue weighted by molar-refractivity contribution is -0.117. The standard InChI is InChI=1S/C17H15Cl2NO/c1-12(14-5-3-2-4-6-14)20-17(21)10-8-13-7-9-15(18)16(19)11-13/h2-12H,1H3,(H,20,21)/b10-8+. The molecule has 2 rings (SSSR count). The summed E-state index contributed by atoms with van der Waals surface area (Å²) in [7, 11) is 0. The van der Waals surface area contributed by atoms with E-state index >= 15 is 0 Å². The van der Waals surface area contributed by atoms with Crippen molar-refractivity contribution in [3.05, 3.63) is 75.8 Å². The lowest BCUT2D eigenvalue weighted by Gasteiger charge is -2.12. The Morgan fingerprint density at radius 1 is 1.10 bits per heavy atom. The van der Waals surface area contributed by atoms with Crippen molar-refractivity contribution in [2.24, 2.45) is 0 Å². The third-order valence-electron chi connectivity index (χ3n) is 3.03. The second kappa shape index (κ2) is 7.30. The zero-order valence-electron chi connectivity index (χ0n) is 11.5. The quantitative estimate of drug-likeness (QED) is 0.799. The third-order valence-corrected chi connectivity index (χ3v) is 3.77. The average molecular weight is 320 g/mol. The molecule has 0 spiro atoms. The van der Waals surface area contributed by atoms with Gasteiger partial charge in [-0.2, -0.15) is 0 Å². The van der Waals surface area contributed by atoms with Gasteiger partial charge in [-0.1, -0.05) is 59.6 Å². The van der Waals surface area contributed by atoms with Crippen LogP contribution < -0.4 is 5.32 Å². The van der Waals surface area contributed by atoms with Crippen LogP contribution in [0.5, 0.6) is 0 Å². The number of hydrogen-bond acceptors (Lipinski definition) is 1. The van der Waals surface area contributed by atoms with E-state index < -0.39 is 0 Å². The predicted molar refractivity (Wildman–Crippen MR) is 88.5 cm³/mol. The lowest BCUT2D eigenvalue weighted by Crippen LogP contribution is -2.24. The summed E-state index contributed by atoms with van der Waals surface area (Å²) in [6.45, 7) is 1.94. The van der Waals surface area contributed by atoms with Crippen molar-refractivity contribution in [1.82, 2.24) is 5.32 Å². The van der Waals surface area contributed by atoms with Gasteiger partial charge in [0.05, 0.1) is 16.1 Å². The van der Waals surface area contributed by atoms with Crippen LogP contribution in [0.3, 0.4) is 0 Å². The largest absolute Gasteiger partial charge is 0.346 e. The van der Waals surface area contributed by atoms with E-state index in [9.17, 15) is 4.79 Å². The molecule has 0 radical (unpaired) electrons. The van der Waals surface area contributed by atoms with E-state index in [4.69, 9.17) is 23.2 Å². The maximum Gasteiger partial charge on any atom is 0.244 e. The van der Waals surface area contributed by atoms with E-state index in [0.717, 1.165) is 11.1 Å². The zero-order valence-corrected chi connectivity index (χ0v) is 13.0. The number of carbonyl (C=O) groups excluding carboxylic acids is 1. The van der Waals surface area contributed by atoms with Gasteiger partial charge in [0, 0.05) is 6.08 Å². The smallest absolute Gasteiger partial charge is 0.244 e. The topological polar surface area (TPSA) is 29.1 Å². The molecule has 2 aromatic rings. The van der Waals surface area contributed by atoms with Gasteiger partial charge < -0.3 is 5.32 Å². The molecule has 0 aliphatic rings. The molecule has 2 nitrogen and oxygen atoms in total. The van der Waals surface area contributed by atoms with Crippen molar-refractivity contribution in [1.29, 1.82) is 0 Å². The summed E-state index contributed by atoms with van der Waals surface area (Å²) >= 11 is 11.8. The summed E-state index contributed by atoms with van der Waals surface area (Å²) in [6, 6.07) is 15.0. The monoisotopic (exact) mass is 319 g/mol. The molecular weight excluding hydrogens is 305 g/mol. The highest BCUT2D eigenvalue weighted by molar-refractivity contribution is 6.42. The lowest BCUT2D eigenvalue weighted by atomic mass is 10.1. The third kappa shape index (κ3) is 4.62. The Labute approximate surface area is 134 Å². The van der Waals surface area contributed by atoms with E-state index in [0.29, 0.717) is 10.0 Å². The van der Waals surface area contributed by atoms with E-state index in [1.54, 1.807) is 24.3 Å². The minimum absolute atomic E-state index is 0.0443. The van der Waals surface area contributed by atoms with Crippen molar-refractivity contribution < 1.29 is 4.79 Å². The Morgan fingerprint density at radius 2 is 1.81 bits per heavy atom. The van der Waals surface area contributed by atoms with Gasteiger partial charge in [-0.05, 0) is 36.3 Å². The molecule has 1 atom stereocenters. The molecule has 0 saturated carbocycles. The van der Waals surface area contributed by atoms with E-state index in [-0.39, 0.29) is 11.9 Å². The van der Waals surface area contributed by atoms with Crippen LogP contribution in [0.4, 0.5) is 0 Å². The highest BCUT2D eigenvalue weighted by Gasteiger charge is 2.06. The molecule has 108 valence electrons. The first-order chi connectivity index (χ1) is 10.1. The van der Waals surface area contributed by atoms with Crippen molar-refractivity contribution in [3.8, 4) is 0 Å². The molecule has 0 saturated heterocycles. The fourth-order valence-electron chi connectivity index (χ4n) is 1.87. The van der Waals surface area contributed by atoms with Gasteiger partial charge in [0.1, 0.15) is 0 Å². The van der Waals surface area contributed by atoms with Crippen LogP contribution in [0, 0.1) is 0 Å². The summed E-state index contributed by atoms with van der Waals surface area (Å²) in [4.78, 5) is 11.9. The summed E-state index contributed by atoms with van der Waals surface area (Å²) in [5.41, 5.74) is 1.89. The van der Waals surface area contributed by atoms with Gasteiger partial charge in [0.2, 0.25) is 5.91 Å². The molecule has 0 aliphatic heterocycles. The second-order valence-corrected chi connectivity index (χ2v) is 5.46. The Balaban J connectivity index is 1.98. The normalized spacial score (nSPS) is 12.3. The number of benzene rings is 2. The van der Waals surface area contributed by atoms with Crippen molar-refractivity contribution >= 4 is 35.2 Å². The molecule has 0 aliphatic carbocycles. The van der Waals surface area contributed by atoms with Crippen LogP contribution in [0.2, 0.25) is 10.0 Å². The van der Waals surface area contributed by atoms with Crippen LogP contribution in [0.1, 0.15) is 24.1 Å². The Morgan fingerprint density at radius 3 is 2.48 bits per heavy atom. The van der Waals surface area contributed by atoms with Crippen LogP contribution in [-0.4, -0.2) is 5.91 Å². The Hall–Kier alpha value is -1.77. The second-order valence-electron chi connectivity index (χ2n) is 4.65. The minimum atomic E-state index is -0.155. The fourth-order valence-corrected chi connectivity index (χ4v) is 2.18. The first-order valence-electron chi connectivity index (χ1n) is 6.55. The van der Waals surface area contributed by atoms with E-state index in [1.807, 2.05) is 37.3 Å². The molecule has 0 aromatic heterocycles. The molecule has 0 heterocycles. The van der Waals surface area contributed by atoms with Crippen LogP contribution in [-0.2, 0) is 4.79 Å². The van der Waals surface area contributed by atoms with Gasteiger partial charge in [0.15, 0.2) is 0 Å². The van der Waals surface area contributed by atoms with Crippen LogP contribution >= 0.6 is 23.2 Å². The van der Waals surface area contributed by atoms with Gasteiger partial charge >= 0.3 is 0 Å². The van der Waals surface area contributed by atoms with Crippen LogP contribution in [0.15, 0.2) is 54.6 Å². The average Bonchev–Trinajstić information content (AvgIpc) is 2.49. The predicted octanol–water partition coefficient (Wildman–Crippen LogP) is 4.88. The SMILES string of the molecule is CC(NC(=O)/C=C/c1ccc(Cl)c(Cl)c1)c1ccccc1. The molecule has 2 aromatic carbocycles. The van der Waals surface area contributed by atoms with Crippen molar-refractivity contribution in [3.63, 3.8) is 0 Å². The molecule has 4 heteroatoms. The molecule has 1 unspecified atom stereocenters. The van der Waals surface area contributed by atoms with Crippen molar-refractivity contribution in [2.45, 2.75) is 13.0 Å². The van der Waals surface area contributed by atoms with Gasteiger partial charge in [-0.3, -0.25) is 4.79 Å². The number of halogens is 2. The fraction of sp³-hybridized carbons (Fsp3) is 0.118. The number of rotatable bonds is 4. The summed E-state index contributed by atoms with van der Waals surface area (Å²) in [5, 5.41) is 3.87. The highest BCUT2D eigenvalue weighted by atomic mass is 35.5. The van der Waals surface area contributed by atoms with E-state index in [1.165, 1.54) is 6.08 Å². The number of nitrogens with one attached hydrogen (secondary N) is 1. The molecule has 21 heavy (non-hydrogen) atoms. The summed E-state index contributed by atoms with van der Waals surface area (Å²) in [6.07, 6.45) is 3.19. The molecular formula is C17H15Cl2NO. The van der Waals surface area contributed by atoms with Crippen molar-refractivity contribution in [2.75, 3.05) is 0 Å². The first-order valence-corrected chi connectivity index (χ1v) is 7.30. The molecule has 1 N–H and O–H groups in total. The maximum atomic E-state index is 11.9. The Bertz CT molecular complexity index is 653. The van der Waals surface area contributed by atoms with Gasteiger partial charge in [-0.25, -0.2) is 0 Å². The molecule has 0 bridgehead atoms. The van der Waals surface area contributed by atoms with Crippen LogP contribution in [0.25, 0.3) is 6.08 Å². The van der Waals surface area contributed by atoms with Gasteiger partial charge in [0.25, 0.3) is 0 Å². The van der Waals surface area contributed by atoms with E-state index in [2.05, 4.69) is 5.32 Å². The number of carbonyl (C=O) groups is 1. The minimum Gasteiger partial charge on any atom is -0.346 e. The highest BCUT2D eigenvalue weighted by Crippen LogP contribution is 2.23. The zero-order chi connectivity index (χ0) is 15.2. The summed E-state index contributed by atoms with van der Waals surface area (Å²) in [5.74, 6) is -0.155. The van der Waals surface area contributed by atoms with Gasteiger partial charge in [-0.15, -0.1) is 0 Å². The molecule has 1 amide bonds.